The number of carbonyl (C=O) groups is 1. The number of carboxylic acids is 1. The van der Waals surface area contributed by atoms with E-state index in [1.807, 2.05) is 0 Å². The third-order valence-electron chi connectivity index (χ3n) is 2.57. The third-order valence-corrected chi connectivity index (χ3v) is 2.57. The molecule has 4 nitrogen and oxygen atoms in total. The number of halogens is 1. The number of phenolic OH excluding ortho intramolecular Hbond substituents is 1. The molecule has 2 aromatic rings. The number of nitrogens with one attached hydrogen (secondary N) is 1. The lowest BCUT2D eigenvalue weighted by Crippen LogP contribution is -2.01. The summed E-state index contributed by atoms with van der Waals surface area (Å²) in [7, 11) is 0. The smallest absolute Gasteiger partial charge is 0.335 e. The van der Waals surface area contributed by atoms with Gasteiger partial charge < -0.3 is 15.5 Å². The van der Waals surface area contributed by atoms with Gasteiger partial charge in [-0.2, -0.15) is 0 Å². The van der Waals surface area contributed by atoms with E-state index in [1.165, 1.54) is 24.3 Å². The monoisotopic (exact) mass is 261 g/mol. The molecule has 0 saturated carbocycles. The van der Waals surface area contributed by atoms with Gasteiger partial charge in [-0.25, -0.2) is 9.18 Å². The van der Waals surface area contributed by atoms with Crippen molar-refractivity contribution in [1.29, 1.82) is 0 Å². The fourth-order valence-corrected chi connectivity index (χ4v) is 1.67. The quantitative estimate of drug-likeness (QED) is 0.791. The fourth-order valence-electron chi connectivity index (χ4n) is 1.67. The Bertz CT molecular complexity index is 576. The molecule has 0 fully saturated rings. The van der Waals surface area contributed by atoms with Crippen molar-refractivity contribution in [3.8, 4) is 5.75 Å². The molecule has 0 amide bonds. The van der Waals surface area contributed by atoms with Crippen LogP contribution in [0.5, 0.6) is 5.75 Å². The van der Waals surface area contributed by atoms with Gasteiger partial charge in [0.1, 0.15) is 11.6 Å². The van der Waals surface area contributed by atoms with Gasteiger partial charge in [0.05, 0.1) is 5.56 Å². The average Bonchev–Trinajstić information content (AvgIpc) is 2.36. The minimum Gasteiger partial charge on any atom is -0.508 e. The van der Waals surface area contributed by atoms with Gasteiger partial charge in [0.25, 0.3) is 0 Å². The summed E-state index contributed by atoms with van der Waals surface area (Å²) in [5.74, 6) is -1.61. The van der Waals surface area contributed by atoms with E-state index in [4.69, 9.17) is 5.11 Å². The molecule has 0 spiro atoms. The Labute approximate surface area is 109 Å². The summed E-state index contributed by atoms with van der Waals surface area (Å²) in [6, 6.07) is 10.0. The molecule has 0 radical (unpaired) electrons. The van der Waals surface area contributed by atoms with Gasteiger partial charge in [-0.3, -0.25) is 0 Å². The zero-order chi connectivity index (χ0) is 13.8. The molecule has 0 aliphatic rings. The van der Waals surface area contributed by atoms with Gasteiger partial charge in [0, 0.05) is 18.3 Å². The van der Waals surface area contributed by atoms with Gasteiger partial charge in [-0.05, 0) is 42.0 Å². The van der Waals surface area contributed by atoms with Crippen molar-refractivity contribution < 1.29 is 19.4 Å². The highest BCUT2D eigenvalue weighted by molar-refractivity contribution is 5.87. The molecule has 0 aliphatic carbocycles. The van der Waals surface area contributed by atoms with Crippen LogP contribution in [0.15, 0.2) is 42.5 Å². The fraction of sp³-hybridized carbons (Fsp3) is 0.0714. The second kappa shape index (κ2) is 5.39. The van der Waals surface area contributed by atoms with Crippen LogP contribution in [0.1, 0.15) is 15.9 Å². The molecule has 19 heavy (non-hydrogen) atoms. The molecule has 0 aliphatic heterocycles. The largest absolute Gasteiger partial charge is 0.508 e. The number of aromatic carboxylic acids is 1. The Morgan fingerprint density at radius 1 is 1.16 bits per heavy atom. The van der Waals surface area contributed by atoms with Crippen molar-refractivity contribution >= 4 is 11.7 Å². The second-order valence-electron chi connectivity index (χ2n) is 4.05. The van der Waals surface area contributed by atoms with Crippen LogP contribution in [-0.2, 0) is 6.54 Å². The molecule has 0 unspecified atom stereocenters. The van der Waals surface area contributed by atoms with Crippen LogP contribution in [0, 0.1) is 5.82 Å². The van der Waals surface area contributed by atoms with Gasteiger partial charge >= 0.3 is 5.97 Å². The molecule has 0 saturated heterocycles. The summed E-state index contributed by atoms with van der Waals surface area (Å²) in [5.41, 5.74) is 1.52. The Morgan fingerprint density at radius 2 is 1.84 bits per heavy atom. The number of rotatable bonds is 4. The van der Waals surface area contributed by atoms with Crippen molar-refractivity contribution in [1.82, 2.24) is 0 Å². The number of hydrogen-bond donors (Lipinski definition) is 3. The van der Waals surface area contributed by atoms with Crippen LogP contribution in [0.25, 0.3) is 0 Å². The number of carboxylic acid groups (broad SMARTS) is 1. The highest BCUT2D eigenvalue weighted by Crippen LogP contribution is 2.16. The number of aromatic hydroxyl groups is 1. The highest BCUT2D eigenvalue weighted by atomic mass is 19.1. The molecule has 5 heteroatoms. The Morgan fingerprint density at radius 3 is 2.42 bits per heavy atom. The van der Waals surface area contributed by atoms with Crippen molar-refractivity contribution in [3.63, 3.8) is 0 Å². The maximum Gasteiger partial charge on any atom is 0.335 e. The normalized spacial score (nSPS) is 10.2. The lowest BCUT2D eigenvalue weighted by molar-refractivity contribution is 0.0697. The summed E-state index contributed by atoms with van der Waals surface area (Å²) in [6.07, 6.45) is 0. The zero-order valence-corrected chi connectivity index (χ0v) is 9.93. The Balaban J connectivity index is 2.03. The minimum absolute atomic E-state index is 0.127. The lowest BCUT2D eigenvalue weighted by atomic mass is 10.2. The summed E-state index contributed by atoms with van der Waals surface area (Å²) < 4.78 is 13.0. The van der Waals surface area contributed by atoms with E-state index >= 15 is 0 Å². The summed E-state index contributed by atoms with van der Waals surface area (Å²) in [6.45, 7) is 0.331. The van der Waals surface area contributed by atoms with E-state index in [1.54, 1.807) is 12.1 Å². The first-order valence-electron chi connectivity index (χ1n) is 5.60. The topological polar surface area (TPSA) is 69.6 Å². The van der Waals surface area contributed by atoms with Crippen LogP contribution in [0.3, 0.4) is 0 Å². The van der Waals surface area contributed by atoms with Crippen molar-refractivity contribution in [2.45, 2.75) is 6.54 Å². The first kappa shape index (κ1) is 12.9. The van der Waals surface area contributed by atoms with Crippen LogP contribution < -0.4 is 5.32 Å². The minimum atomic E-state index is -0.985. The molecule has 0 aromatic heterocycles. The van der Waals surface area contributed by atoms with E-state index in [2.05, 4.69) is 5.32 Å². The van der Waals surface area contributed by atoms with Crippen molar-refractivity contribution in [3.05, 3.63) is 59.4 Å². The van der Waals surface area contributed by atoms with E-state index in [-0.39, 0.29) is 11.3 Å². The van der Waals surface area contributed by atoms with Crippen LogP contribution in [0.2, 0.25) is 0 Å². The number of hydrogen-bond acceptors (Lipinski definition) is 3. The third kappa shape index (κ3) is 3.45. The first-order chi connectivity index (χ1) is 9.04. The maximum atomic E-state index is 13.0. The second-order valence-corrected chi connectivity index (χ2v) is 4.05. The molecule has 3 N–H and O–H groups in total. The maximum absolute atomic E-state index is 13.0. The number of benzene rings is 2. The van der Waals surface area contributed by atoms with Crippen molar-refractivity contribution in [2.24, 2.45) is 0 Å². The zero-order valence-electron chi connectivity index (χ0n) is 9.93. The molecule has 0 bridgehead atoms. The predicted molar refractivity (Wildman–Crippen MR) is 68.8 cm³/mol. The van der Waals surface area contributed by atoms with E-state index in [0.717, 1.165) is 6.07 Å². The van der Waals surface area contributed by atoms with E-state index in [0.29, 0.717) is 17.8 Å². The first-order valence-corrected chi connectivity index (χ1v) is 5.60. The molecule has 0 heterocycles. The van der Waals surface area contributed by atoms with Gasteiger partial charge in [-0.1, -0.05) is 0 Å². The van der Waals surface area contributed by atoms with E-state index < -0.39 is 11.8 Å². The Kier molecular flexibility index (Phi) is 3.66. The highest BCUT2D eigenvalue weighted by Gasteiger charge is 2.02. The predicted octanol–water partition coefficient (Wildman–Crippen LogP) is 2.84. The molecule has 0 atom stereocenters. The molecule has 98 valence electrons. The summed E-state index contributed by atoms with van der Waals surface area (Å²) in [4.78, 5) is 10.7. The van der Waals surface area contributed by atoms with Gasteiger partial charge in [0.15, 0.2) is 0 Å². The lowest BCUT2D eigenvalue weighted by Gasteiger charge is -2.07. The molecular weight excluding hydrogens is 249 g/mol. The SMILES string of the molecule is O=C(O)c1ccc(NCc2cc(O)cc(F)c2)cc1. The van der Waals surface area contributed by atoms with Gasteiger partial charge in [-0.15, -0.1) is 0 Å². The van der Waals surface area contributed by atoms with Crippen molar-refractivity contribution in [2.75, 3.05) is 5.32 Å². The standard InChI is InChI=1S/C14H12FNO3/c15-11-5-9(6-13(17)7-11)8-16-12-3-1-10(2-4-12)14(18)19/h1-7,16-17H,8H2,(H,18,19). The number of phenols is 1. The molecule has 2 aromatic carbocycles. The summed E-state index contributed by atoms with van der Waals surface area (Å²) in [5, 5.41) is 21.0. The number of anilines is 1. The molecular formula is C14H12FNO3. The molecule has 2 rings (SSSR count). The Hall–Kier alpha value is -2.56. The van der Waals surface area contributed by atoms with Gasteiger partial charge in [0.2, 0.25) is 0 Å². The van der Waals surface area contributed by atoms with E-state index in [9.17, 15) is 14.3 Å². The van der Waals surface area contributed by atoms with Crippen LogP contribution in [-0.4, -0.2) is 16.2 Å². The van der Waals surface area contributed by atoms with Crippen LogP contribution in [0.4, 0.5) is 10.1 Å². The van der Waals surface area contributed by atoms with Crippen LogP contribution >= 0.6 is 0 Å². The summed E-state index contributed by atoms with van der Waals surface area (Å²) >= 11 is 0. The average molecular weight is 261 g/mol.